The molecule has 1 aromatic heterocycles. The summed E-state index contributed by atoms with van der Waals surface area (Å²) < 4.78 is 7.08. The van der Waals surface area contributed by atoms with Gasteiger partial charge in [0.25, 0.3) is 0 Å². The minimum Gasteiger partial charge on any atom is -0.494 e. The van der Waals surface area contributed by atoms with E-state index in [0.29, 0.717) is 5.02 Å². The van der Waals surface area contributed by atoms with Crippen LogP contribution in [0, 0.1) is 3.57 Å². The Morgan fingerprint density at radius 2 is 2.20 bits per heavy atom. The minimum atomic E-state index is 0.700. The average Bonchev–Trinajstić information content (AvgIpc) is 2.24. The quantitative estimate of drug-likeness (QED) is 0.670. The lowest BCUT2D eigenvalue weighted by Gasteiger charge is -2.08. The number of ether oxygens (including phenoxy) is 1. The Hall–Kier alpha value is -0.0700. The van der Waals surface area contributed by atoms with Gasteiger partial charge in [-0.1, -0.05) is 27.5 Å². The van der Waals surface area contributed by atoms with Crippen LogP contribution in [0.2, 0.25) is 5.02 Å². The molecule has 0 aliphatic rings. The Bertz CT molecular complexity index is 532. The zero-order valence-corrected chi connectivity index (χ0v) is 12.2. The predicted molar refractivity (Wildman–Crippen MR) is 73.7 cm³/mol. The van der Waals surface area contributed by atoms with E-state index in [9.17, 15) is 0 Å². The summed E-state index contributed by atoms with van der Waals surface area (Å²) in [6.45, 7) is 0. The first-order chi connectivity index (χ1) is 7.15. The smallest absolute Gasteiger partial charge is 0.145 e. The maximum absolute atomic E-state index is 6.23. The number of hydrogen-bond acceptors (Lipinski definition) is 2. The zero-order valence-electron chi connectivity index (χ0n) is 7.72. The number of fused-ring (bicyclic) bond motifs is 1. The molecule has 0 amide bonds. The highest BCUT2D eigenvalue weighted by atomic mass is 127. The van der Waals surface area contributed by atoms with Crippen molar-refractivity contribution in [1.29, 1.82) is 0 Å². The fourth-order valence-corrected chi connectivity index (χ4v) is 2.63. The van der Waals surface area contributed by atoms with Crippen LogP contribution in [0.3, 0.4) is 0 Å². The summed E-state index contributed by atoms with van der Waals surface area (Å²) in [4.78, 5) is 4.33. The van der Waals surface area contributed by atoms with Crippen LogP contribution in [0.4, 0.5) is 0 Å². The highest BCUT2D eigenvalue weighted by Gasteiger charge is 2.11. The lowest BCUT2D eigenvalue weighted by atomic mass is 10.2. The molecule has 0 saturated heterocycles. The summed E-state index contributed by atoms with van der Waals surface area (Å²) in [5.41, 5.74) is 0.775. The Morgan fingerprint density at radius 1 is 1.47 bits per heavy atom. The molecule has 0 spiro atoms. The van der Waals surface area contributed by atoms with E-state index in [0.717, 1.165) is 24.7 Å². The maximum Gasteiger partial charge on any atom is 0.145 e. The van der Waals surface area contributed by atoms with Gasteiger partial charge in [0.15, 0.2) is 0 Å². The van der Waals surface area contributed by atoms with Crippen molar-refractivity contribution in [3.8, 4) is 5.75 Å². The van der Waals surface area contributed by atoms with Gasteiger partial charge in [0.1, 0.15) is 11.3 Å². The molecular formula is C10H6BrClINO. The van der Waals surface area contributed by atoms with Crippen molar-refractivity contribution in [2.24, 2.45) is 0 Å². The normalized spacial score (nSPS) is 10.7. The SMILES string of the molecule is COc1ccc(Br)c2c(Cl)c(I)cnc12. The number of benzene rings is 1. The standard InChI is InChI=1S/C10H6BrClINO/c1-15-7-3-2-5(11)8-9(12)6(13)4-14-10(7)8/h2-4H,1H3. The van der Waals surface area contributed by atoms with Crippen LogP contribution in [-0.2, 0) is 0 Å². The number of aromatic nitrogens is 1. The van der Waals surface area contributed by atoms with Crippen molar-refractivity contribution >= 4 is 61.0 Å². The number of rotatable bonds is 1. The molecule has 15 heavy (non-hydrogen) atoms. The van der Waals surface area contributed by atoms with Gasteiger partial charge < -0.3 is 4.74 Å². The molecule has 1 heterocycles. The molecule has 2 rings (SSSR count). The molecule has 5 heteroatoms. The molecule has 0 aliphatic carbocycles. The van der Waals surface area contributed by atoms with Crippen molar-refractivity contribution in [3.63, 3.8) is 0 Å². The fourth-order valence-electron chi connectivity index (χ4n) is 1.35. The van der Waals surface area contributed by atoms with E-state index < -0.39 is 0 Å². The number of methoxy groups -OCH3 is 1. The van der Waals surface area contributed by atoms with Crippen LogP contribution in [0.15, 0.2) is 22.8 Å². The second-order valence-corrected chi connectivity index (χ2v) is 5.29. The lowest BCUT2D eigenvalue weighted by Crippen LogP contribution is -1.90. The molecule has 0 unspecified atom stereocenters. The van der Waals surface area contributed by atoms with Gasteiger partial charge in [0, 0.05) is 16.1 Å². The van der Waals surface area contributed by atoms with E-state index in [1.807, 2.05) is 12.1 Å². The largest absolute Gasteiger partial charge is 0.494 e. The third-order valence-corrected chi connectivity index (χ3v) is 4.24. The van der Waals surface area contributed by atoms with Crippen LogP contribution in [0.5, 0.6) is 5.75 Å². The van der Waals surface area contributed by atoms with Crippen LogP contribution in [0.25, 0.3) is 10.9 Å². The van der Waals surface area contributed by atoms with Gasteiger partial charge in [-0.15, -0.1) is 0 Å². The van der Waals surface area contributed by atoms with Crippen LogP contribution in [-0.4, -0.2) is 12.1 Å². The molecule has 0 saturated carbocycles. The second kappa shape index (κ2) is 4.43. The number of pyridine rings is 1. The van der Waals surface area contributed by atoms with E-state index in [-0.39, 0.29) is 0 Å². The predicted octanol–water partition coefficient (Wildman–Crippen LogP) is 4.26. The summed E-state index contributed by atoms with van der Waals surface area (Å²) in [6.07, 6.45) is 1.74. The molecule has 2 aromatic rings. The third kappa shape index (κ3) is 1.94. The van der Waals surface area contributed by atoms with E-state index >= 15 is 0 Å². The van der Waals surface area contributed by atoms with Crippen molar-refractivity contribution in [3.05, 3.63) is 31.4 Å². The van der Waals surface area contributed by atoms with Gasteiger partial charge in [-0.3, -0.25) is 4.98 Å². The molecule has 1 aromatic carbocycles. The van der Waals surface area contributed by atoms with Gasteiger partial charge in [0.2, 0.25) is 0 Å². The van der Waals surface area contributed by atoms with Crippen molar-refractivity contribution in [2.75, 3.05) is 7.11 Å². The molecule has 0 N–H and O–H groups in total. The summed E-state index contributed by atoms with van der Waals surface area (Å²) >= 11 is 11.8. The van der Waals surface area contributed by atoms with E-state index in [1.54, 1.807) is 13.3 Å². The molecule has 0 radical (unpaired) electrons. The minimum absolute atomic E-state index is 0.700. The van der Waals surface area contributed by atoms with Crippen LogP contribution < -0.4 is 4.74 Å². The van der Waals surface area contributed by atoms with Gasteiger partial charge in [0.05, 0.1) is 15.7 Å². The van der Waals surface area contributed by atoms with Gasteiger partial charge in [-0.05, 0) is 34.7 Å². The maximum atomic E-state index is 6.23. The Balaban J connectivity index is 2.93. The molecule has 0 atom stereocenters. The third-order valence-electron chi connectivity index (χ3n) is 2.05. The first-order valence-electron chi connectivity index (χ1n) is 4.11. The number of nitrogens with zero attached hydrogens (tertiary/aromatic N) is 1. The van der Waals surface area contributed by atoms with Crippen molar-refractivity contribution in [2.45, 2.75) is 0 Å². The van der Waals surface area contributed by atoms with Gasteiger partial charge in [-0.25, -0.2) is 0 Å². The average molecular weight is 398 g/mol. The summed E-state index contributed by atoms with van der Waals surface area (Å²) in [6, 6.07) is 3.77. The molecule has 78 valence electrons. The number of halogens is 3. The number of hydrogen-bond donors (Lipinski definition) is 0. The topological polar surface area (TPSA) is 22.1 Å². The Labute approximate surface area is 114 Å². The van der Waals surface area contributed by atoms with E-state index in [1.165, 1.54) is 0 Å². The first-order valence-corrected chi connectivity index (χ1v) is 6.36. The lowest BCUT2D eigenvalue weighted by molar-refractivity contribution is 0.419. The Morgan fingerprint density at radius 3 is 2.87 bits per heavy atom. The van der Waals surface area contributed by atoms with E-state index in [4.69, 9.17) is 16.3 Å². The van der Waals surface area contributed by atoms with Gasteiger partial charge >= 0.3 is 0 Å². The molecule has 0 aliphatic heterocycles. The molecule has 0 fully saturated rings. The molecule has 0 bridgehead atoms. The van der Waals surface area contributed by atoms with Crippen LogP contribution >= 0.6 is 50.1 Å². The zero-order chi connectivity index (χ0) is 11.0. The summed E-state index contributed by atoms with van der Waals surface area (Å²) in [5, 5.41) is 1.59. The summed E-state index contributed by atoms with van der Waals surface area (Å²) in [7, 11) is 1.62. The van der Waals surface area contributed by atoms with Crippen molar-refractivity contribution in [1.82, 2.24) is 4.98 Å². The first kappa shape index (κ1) is 11.4. The van der Waals surface area contributed by atoms with Crippen molar-refractivity contribution < 1.29 is 4.74 Å². The highest BCUT2D eigenvalue weighted by molar-refractivity contribution is 14.1. The van der Waals surface area contributed by atoms with Gasteiger partial charge in [-0.2, -0.15) is 0 Å². The fraction of sp³-hybridized carbons (Fsp3) is 0.100. The highest BCUT2D eigenvalue weighted by Crippen LogP contribution is 2.36. The molecular weight excluding hydrogens is 392 g/mol. The molecule has 2 nitrogen and oxygen atoms in total. The van der Waals surface area contributed by atoms with E-state index in [2.05, 4.69) is 43.5 Å². The van der Waals surface area contributed by atoms with Crippen LogP contribution in [0.1, 0.15) is 0 Å². The second-order valence-electron chi connectivity index (χ2n) is 2.89. The Kier molecular flexibility index (Phi) is 3.37. The summed E-state index contributed by atoms with van der Waals surface area (Å²) in [5.74, 6) is 0.728. The monoisotopic (exact) mass is 397 g/mol.